The molecule has 0 aliphatic heterocycles. The van der Waals surface area contributed by atoms with Gasteiger partial charge in [-0.2, -0.15) is 0 Å². The minimum absolute atomic E-state index is 0.195. The van der Waals surface area contributed by atoms with E-state index in [-0.39, 0.29) is 5.56 Å². The van der Waals surface area contributed by atoms with E-state index in [1.807, 2.05) is 13.0 Å². The van der Waals surface area contributed by atoms with Crippen molar-refractivity contribution >= 4 is 17.7 Å². The van der Waals surface area contributed by atoms with Crippen LogP contribution in [0.2, 0.25) is 0 Å². The Labute approximate surface area is 103 Å². The molecule has 2 aromatic rings. The highest BCUT2D eigenvalue weighted by molar-refractivity contribution is 7.99. The van der Waals surface area contributed by atoms with Crippen molar-refractivity contribution in [3.05, 3.63) is 47.9 Å². The number of carbonyl (C=O) groups is 1. The number of aromatic nitrogens is 2. The largest absolute Gasteiger partial charge is 0.478 e. The van der Waals surface area contributed by atoms with Crippen LogP contribution in [0.15, 0.2) is 46.7 Å². The molecule has 17 heavy (non-hydrogen) atoms. The maximum absolute atomic E-state index is 10.7. The third kappa shape index (κ3) is 2.82. The summed E-state index contributed by atoms with van der Waals surface area (Å²) in [4.78, 5) is 19.8. The van der Waals surface area contributed by atoms with E-state index in [2.05, 4.69) is 9.97 Å². The Hall–Kier alpha value is -1.88. The molecule has 4 nitrogen and oxygen atoms in total. The molecule has 0 saturated carbocycles. The zero-order valence-electron chi connectivity index (χ0n) is 9.12. The number of carboxylic acid groups (broad SMARTS) is 1. The van der Waals surface area contributed by atoms with Crippen LogP contribution in [0.25, 0.3) is 0 Å². The van der Waals surface area contributed by atoms with E-state index in [4.69, 9.17) is 5.11 Å². The first-order valence-corrected chi connectivity index (χ1v) is 5.76. The highest BCUT2D eigenvalue weighted by atomic mass is 32.2. The van der Waals surface area contributed by atoms with E-state index < -0.39 is 5.97 Å². The number of rotatable bonds is 3. The molecule has 1 N–H and O–H groups in total. The summed E-state index contributed by atoms with van der Waals surface area (Å²) in [5.41, 5.74) is 1.27. The van der Waals surface area contributed by atoms with Crippen molar-refractivity contribution in [2.75, 3.05) is 0 Å². The fourth-order valence-electron chi connectivity index (χ4n) is 1.25. The van der Waals surface area contributed by atoms with E-state index in [0.717, 1.165) is 15.5 Å². The van der Waals surface area contributed by atoms with Crippen molar-refractivity contribution in [2.45, 2.75) is 16.8 Å². The molecule has 0 fully saturated rings. The minimum Gasteiger partial charge on any atom is -0.478 e. The molecular formula is C12H10N2O2S. The third-order valence-electron chi connectivity index (χ3n) is 2.17. The van der Waals surface area contributed by atoms with Gasteiger partial charge in [0.05, 0.1) is 5.56 Å². The van der Waals surface area contributed by atoms with Crippen LogP contribution in [0.3, 0.4) is 0 Å². The van der Waals surface area contributed by atoms with Crippen molar-refractivity contribution < 1.29 is 9.90 Å². The monoisotopic (exact) mass is 246 g/mol. The van der Waals surface area contributed by atoms with Crippen molar-refractivity contribution in [3.8, 4) is 0 Å². The number of nitrogens with zero attached hydrogens (tertiary/aromatic N) is 2. The Balaban J connectivity index is 2.20. The number of carboxylic acids is 1. The number of aromatic carboxylic acids is 1. The second kappa shape index (κ2) is 4.97. The summed E-state index contributed by atoms with van der Waals surface area (Å²) in [5.74, 6) is -0.964. The fraction of sp³-hybridized carbons (Fsp3) is 0.0833. The second-order valence-corrected chi connectivity index (χ2v) is 4.50. The van der Waals surface area contributed by atoms with E-state index in [1.165, 1.54) is 18.0 Å². The normalized spacial score (nSPS) is 10.2. The Morgan fingerprint density at radius 2 is 2.12 bits per heavy atom. The van der Waals surface area contributed by atoms with E-state index in [1.54, 1.807) is 24.5 Å². The van der Waals surface area contributed by atoms with Gasteiger partial charge in [-0.3, -0.25) is 4.98 Å². The summed E-state index contributed by atoms with van der Waals surface area (Å²) in [6.45, 7) is 1.97. The summed E-state index contributed by atoms with van der Waals surface area (Å²) in [7, 11) is 0. The average molecular weight is 246 g/mol. The average Bonchev–Trinajstić information content (AvgIpc) is 2.33. The van der Waals surface area contributed by atoms with Crippen LogP contribution in [-0.4, -0.2) is 21.0 Å². The van der Waals surface area contributed by atoms with Gasteiger partial charge in [0.2, 0.25) is 0 Å². The Morgan fingerprint density at radius 3 is 2.71 bits per heavy atom. The standard InChI is InChI=1S/C12H10N2O2S/c1-8-6-13-5-4-10(8)17-11-3-2-9(7-14-11)12(15)16/h2-7H,1H3,(H,15,16). The first-order valence-electron chi connectivity index (χ1n) is 4.94. The van der Waals surface area contributed by atoms with Crippen LogP contribution in [0.5, 0.6) is 0 Å². The molecule has 2 aromatic heterocycles. The van der Waals surface area contributed by atoms with Crippen LogP contribution in [0, 0.1) is 6.92 Å². The molecule has 5 heteroatoms. The molecule has 0 aliphatic carbocycles. The predicted molar refractivity (Wildman–Crippen MR) is 64.3 cm³/mol. The van der Waals surface area contributed by atoms with Crippen molar-refractivity contribution in [3.63, 3.8) is 0 Å². The maximum Gasteiger partial charge on any atom is 0.337 e. The van der Waals surface area contributed by atoms with Crippen molar-refractivity contribution in [1.29, 1.82) is 0 Å². The first kappa shape index (κ1) is 11.6. The van der Waals surface area contributed by atoms with Gasteiger partial charge in [-0.1, -0.05) is 11.8 Å². The molecular weight excluding hydrogens is 236 g/mol. The molecule has 0 spiro atoms. The summed E-state index contributed by atoms with van der Waals surface area (Å²) in [6.07, 6.45) is 4.87. The third-order valence-corrected chi connectivity index (χ3v) is 3.30. The Bertz CT molecular complexity index is 540. The van der Waals surface area contributed by atoms with Crippen LogP contribution < -0.4 is 0 Å². The van der Waals surface area contributed by atoms with Crippen LogP contribution in [0.4, 0.5) is 0 Å². The zero-order valence-corrected chi connectivity index (χ0v) is 9.94. The number of hydrogen-bond donors (Lipinski definition) is 1. The van der Waals surface area contributed by atoms with Gasteiger partial charge in [-0.05, 0) is 30.7 Å². The zero-order chi connectivity index (χ0) is 12.3. The van der Waals surface area contributed by atoms with Gasteiger partial charge in [0.1, 0.15) is 5.03 Å². The van der Waals surface area contributed by atoms with Gasteiger partial charge in [0, 0.05) is 23.5 Å². The molecule has 0 atom stereocenters. The molecule has 0 radical (unpaired) electrons. The van der Waals surface area contributed by atoms with Gasteiger partial charge in [-0.15, -0.1) is 0 Å². The number of pyridine rings is 2. The van der Waals surface area contributed by atoms with E-state index in [9.17, 15) is 4.79 Å². The van der Waals surface area contributed by atoms with Gasteiger partial charge in [0.15, 0.2) is 0 Å². The summed E-state index contributed by atoms with van der Waals surface area (Å²) in [5, 5.41) is 9.52. The quantitative estimate of drug-likeness (QED) is 0.902. The lowest BCUT2D eigenvalue weighted by Gasteiger charge is -2.03. The van der Waals surface area contributed by atoms with Gasteiger partial charge < -0.3 is 5.11 Å². The molecule has 0 saturated heterocycles. The fourth-order valence-corrected chi connectivity index (χ4v) is 2.06. The van der Waals surface area contributed by atoms with E-state index in [0.29, 0.717) is 0 Å². The summed E-state index contributed by atoms with van der Waals surface area (Å²) in [6, 6.07) is 5.16. The smallest absolute Gasteiger partial charge is 0.337 e. The summed E-state index contributed by atoms with van der Waals surface area (Å²) < 4.78 is 0. The molecule has 86 valence electrons. The Kier molecular flexibility index (Phi) is 3.39. The second-order valence-electron chi connectivity index (χ2n) is 3.43. The van der Waals surface area contributed by atoms with E-state index >= 15 is 0 Å². The highest BCUT2D eigenvalue weighted by Gasteiger charge is 2.05. The lowest BCUT2D eigenvalue weighted by atomic mass is 10.3. The molecule has 0 bridgehead atoms. The van der Waals surface area contributed by atoms with Crippen molar-refractivity contribution in [2.24, 2.45) is 0 Å². The van der Waals surface area contributed by atoms with Crippen LogP contribution in [0.1, 0.15) is 15.9 Å². The molecule has 2 heterocycles. The van der Waals surface area contributed by atoms with Crippen LogP contribution >= 0.6 is 11.8 Å². The predicted octanol–water partition coefficient (Wildman–Crippen LogP) is 2.63. The highest BCUT2D eigenvalue weighted by Crippen LogP contribution is 2.27. The SMILES string of the molecule is Cc1cnccc1Sc1ccc(C(=O)O)cn1. The minimum atomic E-state index is -0.964. The van der Waals surface area contributed by atoms with Crippen LogP contribution in [-0.2, 0) is 0 Å². The molecule has 0 aliphatic rings. The van der Waals surface area contributed by atoms with Gasteiger partial charge in [0.25, 0.3) is 0 Å². The number of hydrogen-bond acceptors (Lipinski definition) is 4. The first-order chi connectivity index (χ1) is 8.16. The van der Waals surface area contributed by atoms with Gasteiger partial charge >= 0.3 is 5.97 Å². The molecule has 0 unspecified atom stereocenters. The maximum atomic E-state index is 10.7. The summed E-state index contributed by atoms with van der Waals surface area (Å²) >= 11 is 1.49. The van der Waals surface area contributed by atoms with Gasteiger partial charge in [-0.25, -0.2) is 9.78 Å². The molecule has 0 aromatic carbocycles. The topological polar surface area (TPSA) is 63.1 Å². The molecule has 0 amide bonds. The molecule has 2 rings (SSSR count). The lowest BCUT2D eigenvalue weighted by Crippen LogP contribution is -1.96. The number of aryl methyl sites for hydroxylation is 1. The Morgan fingerprint density at radius 1 is 1.29 bits per heavy atom. The van der Waals surface area contributed by atoms with Crippen molar-refractivity contribution in [1.82, 2.24) is 9.97 Å². The lowest BCUT2D eigenvalue weighted by molar-refractivity contribution is 0.0696.